The molecular weight excluding hydrogens is 486 g/mol. The van der Waals surface area contributed by atoms with Crippen molar-refractivity contribution in [2.24, 2.45) is 4.99 Å². The highest BCUT2D eigenvalue weighted by atomic mass is 32.2. The molecule has 0 N–H and O–H groups in total. The molecule has 2 aromatic carbocycles. The summed E-state index contributed by atoms with van der Waals surface area (Å²) in [4.78, 5) is 35.2. The number of carbonyl (C=O) groups excluding carboxylic acids is 2. The van der Waals surface area contributed by atoms with Gasteiger partial charge in [0, 0.05) is 19.1 Å². The molecular formula is C29H33N3O4S. The number of carbonyl (C=O) groups is 2. The van der Waals surface area contributed by atoms with Crippen LogP contribution >= 0.6 is 11.8 Å². The summed E-state index contributed by atoms with van der Waals surface area (Å²) in [6.07, 6.45) is 9.48. The number of likely N-dealkylation sites (tertiary alicyclic amines) is 1. The van der Waals surface area contributed by atoms with Crippen LogP contribution in [-0.4, -0.2) is 59.6 Å². The van der Waals surface area contributed by atoms with E-state index in [0.717, 1.165) is 68.0 Å². The van der Waals surface area contributed by atoms with Crippen LogP contribution in [0.2, 0.25) is 0 Å². The molecule has 194 valence electrons. The first-order valence-corrected chi connectivity index (χ1v) is 13.9. The predicted octanol–water partition coefficient (Wildman–Crippen LogP) is 5.63. The van der Waals surface area contributed by atoms with Crippen molar-refractivity contribution in [1.29, 1.82) is 0 Å². The number of methoxy groups -OCH3 is 1. The SMILES string of the molecule is COc1cc(/C=C2/SC(=Nc3ccccc3)N(C3CCCCC3)C2=O)ccc1OCC(=O)N1CCCC1. The van der Waals surface area contributed by atoms with Gasteiger partial charge < -0.3 is 14.4 Å². The van der Waals surface area contributed by atoms with Crippen molar-refractivity contribution >= 4 is 40.5 Å². The van der Waals surface area contributed by atoms with Crippen LogP contribution in [-0.2, 0) is 9.59 Å². The van der Waals surface area contributed by atoms with Crippen molar-refractivity contribution in [2.75, 3.05) is 26.8 Å². The number of amides is 2. The Morgan fingerprint density at radius 1 is 1.03 bits per heavy atom. The Labute approximate surface area is 222 Å². The second-order valence-electron chi connectivity index (χ2n) is 9.59. The highest BCUT2D eigenvalue weighted by molar-refractivity contribution is 8.18. The van der Waals surface area contributed by atoms with Crippen LogP contribution in [0.1, 0.15) is 50.5 Å². The summed E-state index contributed by atoms with van der Waals surface area (Å²) in [7, 11) is 1.58. The maximum atomic E-state index is 13.6. The second-order valence-corrected chi connectivity index (χ2v) is 10.6. The Balaban J connectivity index is 1.36. The van der Waals surface area contributed by atoms with Crippen LogP contribution in [0.4, 0.5) is 5.69 Å². The van der Waals surface area contributed by atoms with Gasteiger partial charge >= 0.3 is 0 Å². The van der Waals surface area contributed by atoms with Gasteiger partial charge in [-0.1, -0.05) is 43.5 Å². The molecule has 2 heterocycles. The number of nitrogens with zero attached hydrogens (tertiary/aromatic N) is 3. The van der Waals surface area contributed by atoms with E-state index < -0.39 is 0 Å². The zero-order valence-electron chi connectivity index (χ0n) is 21.2. The van der Waals surface area contributed by atoms with E-state index in [2.05, 4.69) is 0 Å². The van der Waals surface area contributed by atoms with E-state index in [1.807, 2.05) is 58.3 Å². The number of thioether (sulfide) groups is 1. The summed E-state index contributed by atoms with van der Waals surface area (Å²) < 4.78 is 11.3. The number of ether oxygens (including phenoxy) is 2. The van der Waals surface area contributed by atoms with Crippen LogP contribution in [0.25, 0.3) is 6.08 Å². The van der Waals surface area contributed by atoms with Gasteiger partial charge in [0.05, 0.1) is 17.7 Å². The summed E-state index contributed by atoms with van der Waals surface area (Å²) in [5.74, 6) is 1.04. The van der Waals surface area contributed by atoms with Crippen LogP contribution < -0.4 is 9.47 Å². The van der Waals surface area contributed by atoms with E-state index in [9.17, 15) is 9.59 Å². The third-order valence-electron chi connectivity index (χ3n) is 7.05. The number of hydrogen-bond donors (Lipinski definition) is 0. The Morgan fingerprint density at radius 2 is 1.78 bits per heavy atom. The molecule has 0 spiro atoms. The lowest BCUT2D eigenvalue weighted by atomic mass is 9.94. The minimum atomic E-state index is -0.0131. The van der Waals surface area contributed by atoms with E-state index >= 15 is 0 Å². The first-order chi connectivity index (χ1) is 18.1. The minimum absolute atomic E-state index is 0.00193. The molecule has 7 nitrogen and oxygen atoms in total. The normalized spacial score (nSPS) is 20.7. The molecule has 2 aromatic rings. The molecule has 2 amide bonds. The van der Waals surface area contributed by atoms with Gasteiger partial charge in [0.2, 0.25) is 0 Å². The molecule has 37 heavy (non-hydrogen) atoms. The van der Waals surface area contributed by atoms with Gasteiger partial charge in [-0.2, -0.15) is 0 Å². The van der Waals surface area contributed by atoms with E-state index in [-0.39, 0.29) is 24.5 Å². The third kappa shape index (κ3) is 6.01. The van der Waals surface area contributed by atoms with Gasteiger partial charge in [0.25, 0.3) is 11.8 Å². The van der Waals surface area contributed by atoms with Crippen LogP contribution in [0.5, 0.6) is 11.5 Å². The number of aliphatic imine (C=N–C) groups is 1. The molecule has 0 aromatic heterocycles. The fourth-order valence-corrected chi connectivity index (χ4v) is 6.14. The molecule has 3 fully saturated rings. The first-order valence-electron chi connectivity index (χ1n) is 13.1. The van der Waals surface area contributed by atoms with E-state index in [0.29, 0.717) is 16.4 Å². The molecule has 2 aliphatic heterocycles. The first kappa shape index (κ1) is 25.4. The van der Waals surface area contributed by atoms with Crippen LogP contribution in [0.15, 0.2) is 58.4 Å². The van der Waals surface area contributed by atoms with Crippen LogP contribution in [0, 0.1) is 0 Å². The highest BCUT2D eigenvalue weighted by Gasteiger charge is 2.38. The standard InChI is InChI=1S/C29H33N3O4S/c1-35-25-18-21(14-15-24(25)36-20-27(33)31-16-8-9-17-31)19-26-28(34)32(23-12-6-3-7-13-23)29(37-26)30-22-10-4-2-5-11-22/h2,4-5,10-11,14-15,18-19,23H,3,6-9,12-13,16-17,20H2,1H3/b26-19+,30-29?. The highest BCUT2D eigenvalue weighted by Crippen LogP contribution is 2.39. The number of hydrogen-bond acceptors (Lipinski definition) is 6. The van der Waals surface area contributed by atoms with E-state index in [1.54, 1.807) is 13.2 Å². The number of amidine groups is 1. The van der Waals surface area contributed by atoms with Gasteiger partial charge in [-0.3, -0.25) is 14.5 Å². The van der Waals surface area contributed by atoms with Crippen molar-refractivity contribution in [1.82, 2.24) is 9.80 Å². The van der Waals surface area contributed by atoms with Gasteiger partial charge in [-0.05, 0) is 73.4 Å². The Morgan fingerprint density at radius 3 is 2.51 bits per heavy atom. The summed E-state index contributed by atoms with van der Waals surface area (Å²) in [5, 5.41) is 0.738. The molecule has 8 heteroatoms. The third-order valence-corrected chi connectivity index (χ3v) is 8.04. The fraction of sp³-hybridized carbons (Fsp3) is 0.414. The average molecular weight is 520 g/mol. The molecule has 0 atom stereocenters. The van der Waals surface area contributed by atoms with Crippen molar-refractivity contribution in [2.45, 2.75) is 51.0 Å². The largest absolute Gasteiger partial charge is 0.493 e. The number of rotatable bonds is 7. The molecule has 5 rings (SSSR count). The van der Waals surface area contributed by atoms with Gasteiger partial charge in [-0.25, -0.2) is 4.99 Å². The summed E-state index contributed by atoms with van der Waals surface area (Å²) in [6, 6.07) is 15.5. The summed E-state index contributed by atoms with van der Waals surface area (Å²) >= 11 is 1.42. The van der Waals surface area contributed by atoms with Gasteiger partial charge in [0.1, 0.15) is 0 Å². The second kappa shape index (κ2) is 11.9. The molecule has 2 saturated heterocycles. The molecule has 3 aliphatic rings. The molecule has 0 radical (unpaired) electrons. The Hall–Kier alpha value is -3.26. The van der Waals surface area contributed by atoms with E-state index in [4.69, 9.17) is 14.5 Å². The maximum absolute atomic E-state index is 13.6. The lowest BCUT2D eigenvalue weighted by molar-refractivity contribution is -0.132. The number of para-hydroxylation sites is 1. The maximum Gasteiger partial charge on any atom is 0.267 e. The van der Waals surface area contributed by atoms with Crippen molar-refractivity contribution < 1.29 is 19.1 Å². The van der Waals surface area contributed by atoms with E-state index in [1.165, 1.54) is 18.2 Å². The van der Waals surface area contributed by atoms with Gasteiger partial charge in [-0.15, -0.1) is 0 Å². The lowest BCUT2D eigenvalue weighted by Gasteiger charge is -2.30. The quantitative estimate of drug-likeness (QED) is 0.443. The summed E-state index contributed by atoms with van der Waals surface area (Å²) in [5.41, 5.74) is 1.67. The predicted molar refractivity (Wildman–Crippen MR) is 147 cm³/mol. The molecule has 1 aliphatic carbocycles. The summed E-state index contributed by atoms with van der Waals surface area (Å²) in [6.45, 7) is 1.58. The average Bonchev–Trinajstić information content (AvgIpc) is 3.57. The zero-order chi connectivity index (χ0) is 25.6. The molecule has 0 bridgehead atoms. The molecule has 1 saturated carbocycles. The zero-order valence-corrected chi connectivity index (χ0v) is 22.0. The van der Waals surface area contributed by atoms with Crippen LogP contribution in [0.3, 0.4) is 0 Å². The van der Waals surface area contributed by atoms with Crippen molar-refractivity contribution in [3.8, 4) is 11.5 Å². The minimum Gasteiger partial charge on any atom is -0.493 e. The van der Waals surface area contributed by atoms with Gasteiger partial charge in [0.15, 0.2) is 23.3 Å². The monoisotopic (exact) mass is 519 g/mol. The lowest BCUT2D eigenvalue weighted by Crippen LogP contribution is -2.40. The Bertz CT molecular complexity index is 1180. The van der Waals surface area contributed by atoms with Crippen molar-refractivity contribution in [3.05, 3.63) is 59.0 Å². The fourth-order valence-electron chi connectivity index (χ4n) is 5.08. The molecule has 0 unspecified atom stereocenters. The van der Waals surface area contributed by atoms with Crippen molar-refractivity contribution in [3.63, 3.8) is 0 Å². The number of benzene rings is 2. The smallest absolute Gasteiger partial charge is 0.267 e. The Kier molecular flexibility index (Phi) is 8.14. The topological polar surface area (TPSA) is 71.4 Å².